The maximum Gasteiger partial charge on any atom is 0.170 e. The lowest BCUT2D eigenvalue weighted by atomic mass is 9.76. The number of rotatable bonds is 4. The molecule has 0 saturated carbocycles. The number of benzene rings is 1. The Balaban J connectivity index is 2.62. The minimum Gasteiger partial charge on any atom is -0.511 e. The van der Waals surface area contributed by atoms with Crippen molar-refractivity contribution in [3.05, 3.63) is 39.1 Å². The highest BCUT2D eigenvalue weighted by Gasteiger charge is 2.34. The van der Waals surface area contributed by atoms with E-state index in [9.17, 15) is 19.5 Å². The number of allylic oxidation sites excluding steroid dienone is 2. The molecule has 0 saturated heterocycles. The highest BCUT2D eigenvalue weighted by Crippen LogP contribution is 2.41. The molecule has 1 aromatic rings. The minimum atomic E-state index is -0.345. The van der Waals surface area contributed by atoms with E-state index in [2.05, 4.69) is 0 Å². The van der Waals surface area contributed by atoms with Gasteiger partial charge >= 0.3 is 0 Å². The molecule has 1 aliphatic rings. The number of aliphatic hydroxyl groups is 1. The summed E-state index contributed by atoms with van der Waals surface area (Å²) in [4.78, 5) is 36.4. The fourth-order valence-electron chi connectivity index (χ4n) is 3.99. The number of hydrogen-bond acceptors (Lipinski definition) is 5. The molecular formula is C20H25NO4. The van der Waals surface area contributed by atoms with E-state index < -0.39 is 0 Å². The minimum absolute atomic E-state index is 0.0686. The van der Waals surface area contributed by atoms with Crippen molar-refractivity contribution in [1.82, 2.24) is 0 Å². The third-order valence-electron chi connectivity index (χ3n) is 5.17. The normalized spacial score (nSPS) is 17.8. The van der Waals surface area contributed by atoms with Crippen molar-refractivity contribution in [3.63, 3.8) is 0 Å². The molecular weight excluding hydrogens is 318 g/mol. The van der Waals surface area contributed by atoms with Gasteiger partial charge in [0.25, 0.3) is 0 Å². The van der Waals surface area contributed by atoms with Gasteiger partial charge in [-0.2, -0.15) is 0 Å². The highest BCUT2D eigenvalue weighted by molar-refractivity contribution is 6.21. The second kappa shape index (κ2) is 6.82. The van der Waals surface area contributed by atoms with Gasteiger partial charge < -0.3 is 10.8 Å². The van der Waals surface area contributed by atoms with Gasteiger partial charge in [0, 0.05) is 30.5 Å². The molecule has 1 atom stereocenters. The van der Waals surface area contributed by atoms with E-state index in [4.69, 9.17) is 5.73 Å². The molecule has 1 aliphatic carbocycles. The van der Waals surface area contributed by atoms with Gasteiger partial charge in [-0.1, -0.05) is 6.92 Å². The highest BCUT2D eigenvalue weighted by atomic mass is 16.3. The average Bonchev–Trinajstić information content (AvgIpc) is 2.51. The molecule has 1 unspecified atom stereocenters. The summed E-state index contributed by atoms with van der Waals surface area (Å²) in [6, 6.07) is 0. The zero-order valence-electron chi connectivity index (χ0n) is 15.4. The molecule has 5 nitrogen and oxygen atoms in total. The summed E-state index contributed by atoms with van der Waals surface area (Å²) in [7, 11) is 0. The number of anilines is 1. The third-order valence-corrected chi connectivity index (χ3v) is 5.17. The molecule has 5 heteroatoms. The van der Waals surface area contributed by atoms with E-state index in [0.29, 0.717) is 11.3 Å². The lowest BCUT2D eigenvalue weighted by Gasteiger charge is -2.28. The standard InChI is InChI=1S/C20H25NO4/c1-6-14(23)19-15(24)7-13(8-16(19)25)18-9(2)17(12(5)22)10(3)20(21)11(18)4/h13,24H,6-8,21H2,1-5H3. The van der Waals surface area contributed by atoms with Gasteiger partial charge in [0.2, 0.25) is 0 Å². The lowest BCUT2D eigenvalue weighted by Crippen LogP contribution is -2.25. The molecule has 0 bridgehead atoms. The van der Waals surface area contributed by atoms with E-state index >= 15 is 0 Å². The summed E-state index contributed by atoms with van der Waals surface area (Å²) < 4.78 is 0. The monoisotopic (exact) mass is 343 g/mol. The van der Waals surface area contributed by atoms with Crippen molar-refractivity contribution in [3.8, 4) is 0 Å². The number of carbonyl (C=O) groups excluding carboxylic acids is 3. The Morgan fingerprint density at radius 1 is 1.12 bits per heavy atom. The molecule has 134 valence electrons. The fraction of sp³-hybridized carbons (Fsp3) is 0.450. The van der Waals surface area contributed by atoms with E-state index in [1.165, 1.54) is 6.92 Å². The molecule has 0 heterocycles. The molecule has 0 amide bonds. The van der Waals surface area contributed by atoms with Gasteiger partial charge in [0.15, 0.2) is 17.3 Å². The van der Waals surface area contributed by atoms with Crippen LogP contribution in [0.3, 0.4) is 0 Å². The zero-order chi connectivity index (χ0) is 19.0. The predicted octanol–water partition coefficient (Wildman–Crippen LogP) is 3.63. The van der Waals surface area contributed by atoms with Gasteiger partial charge in [-0.3, -0.25) is 14.4 Å². The topological polar surface area (TPSA) is 97.5 Å². The van der Waals surface area contributed by atoms with Crippen LogP contribution < -0.4 is 5.73 Å². The van der Waals surface area contributed by atoms with Crippen LogP contribution >= 0.6 is 0 Å². The van der Waals surface area contributed by atoms with Crippen molar-refractivity contribution in [2.45, 2.75) is 59.8 Å². The summed E-state index contributed by atoms with van der Waals surface area (Å²) in [6.07, 6.45) is 0.515. The molecule has 3 N–H and O–H groups in total. The number of Topliss-reactive ketones (excluding diaryl/α,β-unsaturated/α-hetero) is 3. The Hall–Kier alpha value is -2.43. The number of nitrogen functional groups attached to an aromatic ring is 1. The smallest absolute Gasteiger partial charge is 0.170 e. The number of aliphatic hydroxyl groups excluding tert-OH is 1. The van der Waals surface area contributed by atoms with Crippen LogP contribution in [0.4, 0.5) is 5.69 Å². The first-order valence-electron chi connectivity index (χ1n) is 8.50. The second-order valence-electron chi connectivity index (χ2n) is 6.76. The summed E-state index contributed by atoms with van der Waals surface area (Å²) in [6.45, 7) is 8.69. The van der Waals surface area contributed by atoms with Crippen LogP contribution in [0.2, 0.25) is 0 Å². The zero-order valence-corrected chi connectivity index (χ0v) is 15.4. The van der Waals surface area contributed by atoms with Gasteiger partial charge in [-0.15, -0.1) is 0 Å². The van der Waals surface area contributed by atoms with Crippen molar-refractivity contribution in [1.29, 1.82) is 0 Å². The van der Waals surface area contributed by atoms with Gasteiger partial charge in [-0.05, 0) is 55.9 Å². The Morgan fingerprint density at radius 3 is 2.20 bits per heavy atom. The molecule has 0 aromatic heterocycles. The first kappa shape index (κ1) is 18.9. The fourth-order valence-corrected chi connectivity index (χ4v) is 3.99. The molecule has 1 aromatic carbocycles. The number of carbonyl (C=O) groups is 3. The van der Waals surface area contributed by atoms with Gasteiger partial charge in [0.1, 0.15) is 5.76 Å². The van der Waals surface area contributed by atoms with Crippen molar-refractivity contribution < 1.29 is 19.5 Å². The molecule has 0 fully saturated rings. The average molecular weight is 343 g/mol. The molecule has 0 aliphatic heterocycles. The van der Waals surface area contributed by atoms with Crippen LogP contribution in [0.5, 0.6) is 0 Å². The van der Waals surface area contributed by atoms with E-state index in [-0.39, 0.29) is 53.9 Å². The van der Waals surface area contributed by atoms with Crippen LogP contribution in [0.25, 0.3) is 0 Å². The van der Waals surface area contributed by atoms with Crippen molar-refractivity contribution in [2.75, 3.05) is 5.73 Å². The first-order chi connectivity index (χ1) is 11.6. The van der Waals surface area contributed by atoms with Crippen molar-refractivity contribution in [2.24, 2.45) is 0 Å². The molecule has 0 radical (unpaired) electrons. The molecule has 2 rings (SSSR count). The predicted molar refractivity (Wildman–Crippen MR) is 97.0 cm³/mol. The van der Waals surface area contributed by atoms with E-state index in [0.717, 1.165) is 22.3 Å². The maximum atomic E-state index is 12.4. The van der Waals surface area contributed by atoms with E-state index in [1.54, 1.807) is 6.92 Å². The van der Waals surface area contributed by atoms with Gasteiger partial charge in [-0.25, -0.2) is 0 Å². The lowest BCUT2D eigenvalue weighted by molar-refractivity contribution is -0.122. The Kier molecular flexibility index (Phi) is 5.16. The molecule has 25 heavy (non-hydrogen) atoms. The Bertz CT molecular complexity index is 818. The summed E-state index contributed by atoms with van der Waals surface area (Å²) in [5.41, 5.74) is 10.4. The summed E-state index contributed by atoms with van der Waals surface area (Å²) in [5.74, 6) is -1.20. The summed E-state index contributed by atoms with van der Waals surface area (Å²) >= 11 is 0. The van der Waals surface area contributed by atoms with Crippen LogP contribution in [-0.2, 0) is 9.59 Å². The van der Waals surface area contributed by atoms with Crippen LogP contribution in [-0.4, -0.2) is 22.5 Å². The molecule has 0 spiro atoms. The third kappa shape index (κ3) is 3.11. The SMILES string of the molecule is CCC(=O)C1=C(O)CC(c2c(C)c(N)c(C)c(C(C)=O)c2C)CC1=O. The number of nitrogens with two attached hydrogens (primary N) is 1. The van der Waals surface area contributed by atoms with Gasteiger partial charge in [0.05, 0.1) is 5.57 Å². The number of ketones is 3. The van der Waals surface area contributed by atoms with Crippen LogP contribution in [0.1, 0.15) is 71.6 Å². The van der Waals surface area contributed by atoms with E-state index in [1.807, 2.05) is 20.8 Å². The maximum absolute atomic E-state index is 12.4. The number of hydrogen-bond donors (Lipinski definition) is 2. The summed E-state index contributed by atoms with van der Waals surface area (Å²) in [5, 5.41) is 10.3. The Morgan fingerprint density at radius 2 is 1.72 bits per heavy atom. The van der Waals surface area contributed by atoms with Crippen LogP contribution in [0.15, 0.2) is 11.3 Å². The van der Waals surface area contributed by atoms with Crippen molar-refractivity contribution >= 4 is 23.0 Å². The Labute approximate surface area is 147 Å². The quantitative estimate of drug-likeness (QED) is 0.494. The second-order valence-corrected chi connectivity index (χ2v) is 6.76. The first-order valence-corrected chi connectivity index (χ1v) is 8.50. The largest absolute Gasteiger partial charge is 0.511 e. The van der Waals surface area contributed by atoms with Crippen LogP contribution in [0, 0.1) is 20.8 Å².